The number of carboxylic acids is 1. The van der Waals surface area contributed by atoms with Crippen molar-refractivity contribution in [3.63, 3.8) is 0 Å². The third-order valence-corrected chi connectivity index (χ3v) is 4.76. The van der Waals surface area contributed by atoms with E-state index in [2.05, 4.69) is 0 Å². The molecule has 1 amide bonds. The van der Waals surface area contributed by atoms with Crippen molar-refractivity contribution in [2.75, 3.05) is 5.32 Å². The number of alkyl halides is 3. The van der Waals surface area contributed by atoms with Crippen LogP contribution in [0.5, 0.6) is 0 Å². The van der Waals surface area contributed by atoms with Gasteiger partial charge < -0.3 is 15.2 Å². The van der Waals surface area contributed by atoms with E-state index in [4.69, 9.17) is 9.84 Å². The van der Waals surface area contributed by atoms with Gasteiger partial charge in [-0.05, 0) is 50.3 Å². The van der Waals surface area contributed by atoms with Gasteiger partial charge in [-0.15, -0.1) is 0 Å². The van der Waals surface area contributed by atoms with Crippen molar-refractivity contribution in [2.45, 2.75) is 52.8 Å². The second-order valence-corrected chi connectivity index (χ2v) is 6.63. The minimum absolute atomic E-state index is 0.0627. The fourth-order valence-corrected chi connectivity index (χ4v) is 3.00. The number of ether oxygens (including phenoxy) is 1. The summed E-state index contributed by atoms with van der Waals surface area (Å²) in [5.41, 5.74) is 2.63. The first-order valence-corrected chi connectivity index (χ1v) is 8.51. The third kappa shape index (κ3) is 4.52. The Morgan fingerprint density at radius 3 is 2.43 bits per heavy atom. The molecule has 1 aliphatic rings. The molecule has 9 heteroatoms. The summed E-state index contributed by atoms with van der Waals surface area (Å²) in [5.74, 6) is -3.92. The van der Waals surface area contributed by atoms with Crippen molar-refractivity contribution >= 4 is 23.5 Å². The molecular formula is C19H20F3NO5. The zero-order chi connectivity index (χ0) is 21.2. The lowest BCUT2D eigenvalue weighted by Crippen LogP contribution is -2.31. The molecule has 152 valence electrons. The molecule has 6 nitrogen and oxygen atoms in total. The number of allylic oxidation sites excluding steroid dienone is 2. The van der Waals surface area contributed by atoms with Crippen molar-refractivity contribution in [1.29, 1.82) is 0 Å². The molecule has 1 aliphatic heterocycles. The predicted octanol–water partition coefficient (Wildman–Crippen LogP) is 3.83. The number of rotatable bonds is 6. The van der Waals surface area contributed by atoms with Crippen LogP contribution in [-0.4, -0.2) is 29.1 Å². The molecule has 0 radical (unpaired) electrons. The van der Waals surface area contributed by atoms with Gasteiger partial charge in [-0.2, -0.15) is 13.2 Å². The van der Waals surface area contributed by atoms with Gasteiger partial charge in [0, 0.05) is 12.0 Å². The number of carbonyl (C=O) groups is 3. The van der Waals surface area contributed by atoms with Gasteiger partial charge in [0.05, 0.1) is 11.3 Å². The standard InChI is InChI=1S/C19H20F3NO5/c1-9(5-7-14(24)25)4-6-12-10(2)11(3)13-8-28-17(26)15(13)16(12)23-18(27)19(20,21)22/h4H,5-8H2,1-3H3,(H,23,27)(H,24,25)/b9-4+. The van der Waals surface area contributed by atoms with Gasteiger partial charge >= 0.3 is 24.0 Å². The van der Waals surface area contributed by atoms with E-state index in [0.717, 1.165) is 5.57 Å². The molecule has 28 heavy (non-hydrogen) atoms. The Bertz CT molecular complexity index is 872. The number of halogens is 3. The lowest BCUT2D eigenvalue weighted by molar-refractivity contribution is -0.167. The Labute approximate surface area is 159 Å². The molecule has 2 N–H and O–H groups in total. The van der Waals surface area contributed by atoms with E-state index in [9.17, 15) is 27.6 Å². The van der Waals surface area contributed by atoms with Crippen LogP contribution in [0.15, 0.2) is 11.6 Å². The highest BCUT2D eigenvalue weighted by Crippen LogP contribution is 2.37. The number of amides is 1. The van der Waals surface area contributed by atoms with E-state index < -0.39 is 24.0 Å². The van der Waals surface area contributed by atoms with Crippen LogP contribution in [0, 0.1) is 13.8 Å². The summed E-state index contributed by atoms with van der Waals surface area (Å²) >= 11 is 0. The quantitative estimate of drug-likeness (QED) is 0.560. The van der Waals surface area contributed by atoms with Crippen LogP contribution in [0.2, 0.25) is 0 Å². The second-order valence-electron chi connectivity index (χ2n) is 6.63. The van der Waals surface area contributed by atoms with Crippen molar-refractivity contribution < 1.29 is 37.4 Å². The maximum Gasteiger partial charge on any atom is 0.471 e. The number of anilines is 1. The molecule has 0 saturated heterocycles. The fraction of sp³-hybridized carbons (Fsp3) is 0.421. The first kappa shape index (κ1) is 21.5. The van der Waals surface area contributed by atoms with E-state index in [-0.39, 0.29) is 37.1 Å². The number of aliphatic carboxylic acids is 1. The number of esters is 1. The number of benzene rings is 1. The SMILES string of the molecule is C/C(=C\Cc1c(C)c(C)c2c(c1NC(=O)C(F)(F)F)C(=O)OC2)CCC(=O)O. The van der Waals surface area contributed by atoms with Crippen LogP contribution < -0.4 is 5.32 Å². The number of hydrogen-bond acceptors (Lipinski definition) is 4. The zero-order valence-electron chi connectivity index (χ0n) is 15.6. The van der Waals surface area contributed by atoms with Gasteiger partial charge in [0.1, 0.15) is 6.61 Å². The van der Waals surface area contributed by atoms with Gasteiger partial charge in [0.25, 0.3) is 0 Å². The van der Waals surface area contributed by atoms with Crippen molar-refractivity contribution in [2.24, 2.45) is 0 Å². The fourth-order valence-electron chi connectivity index (χ4n) is 3.00. The number of cyclic esters (lactones) is 1. The average Bonchev–Trinajstić information content (AvgIpc) is 2.98. The van der Waals surface area contributed by atoms with Crippen LogP contribution in [0.4, 0.5) is 18.9 Å². The predicted molar refractivity (Wildman–Crippen MR) is 94.1 cm³/mol. The van der Waals surface area contributed by atoms with Gasteiger partial charge in [-0.25, -0.2) is 4.79 Å². The summed E-state index contributed by atoms with van der Waals surface area (Å²) < 4.78 is 43.3. The third-order valence-electron chi connectivity index (χ3n) is 4.76. The summed E-state index contributed by atoms with van der Waals surface area (Å²) in [4.78, 5) is 34.3. The first-order chi connectivity index (χ1) is 12.9. The van der Waals surface area contributed by atoms with Crippen LogP contribution >= 0.6 is 0 Å². The highest BCUT2D eigenvalue weighted by atomic mass is 19.4. The van der Waals surface area contributed by atoms with Gasteiger partial charge in [-0.3, -0.25) is 9.59 Å². The number of nitrogens with one attached hydrogen (secondary N) is 1. The van der Waals surface area contributed by atoms with Crippen LogP contribution in [-0.2, 0) is 27.4 Å². The summed E-state index contributed by atoms with van der Waals surface area (Å²) in [5, 5.41) is 10.6. The molecule has 2 rings (SSSR count). The Kier molecular flexibility index (Phi) is 6.16. The Hall–Kier alpha value is -2.84. The molecular weight excluding hydrogens is 379 g/mol. The summed E-state index contributed by atoms with van der Waals surface area (Å²) in [6.07, 6.45) is -3.09. The van der Waals surface area contributed by atoms with Crippen molar-refractivity contribution in [1.82, 2.24) is 0 Å². The molecule has 0 bridgehead atoms. The highest BCUT2D eigenvalue weighted by Gasteiger charge is 2.41. The Morgan fingerprint density at radius 2 is 1.86 bits per heavy atom. The summed E-state index contributed by atoms with van der Waals surface area (Å²) in [7, 11) is 0. The average molecular weight is 399 g/mol. The molecule has 1 aromatic carbocycles. The summed E-state index contributed by atoms with van der Waals surface area (Å²) in [6, 6.07) is 0. The molecule has 1 aromatic rings. The Morgan fingerprint density at radius 1 is 1.21 bits per heavy atom. The monoisotopic (exact) mass is 399 g/mol. The normalized spacial score (nSPS) is 13.9. The summed E-state index contributed by atoms with van der Waals surface area (Å²) in [6.45, 7) is 5.07. The van der Waals surface area contributed by atoms with Crippen molar-refractivity contribution in [3.8, 4) is 0 Å². The molecule has 0 aliphatic carbocycles. The van der Waals surface area contributed by atoms with Crippen LogP contribution in [0.3, 0.4) is 0 Å². The number of carbonyl (C=O) groups excluding carboxylic acids is 2. The first-order valence-electron chi connectivity index (χ1n) is 8.51. The maximum absolute atomic E-state index is 12.8. The van der Waals surface area contributed by atoms with E-state index in [1.807, 2.05) is 5.32 Å². The minimum atomic E-state index is -5.11. The number of fused-ring (bicyclic) bond motifs is 1. The topological polar surface area (TPSA) is 92.7 Å². The molecule has 0 atom stereocenters. The van der Waals surface area contributed by atoms with Crippen molar-refractivity contribution in [3.05, 3.63) is 39.5 Å². The van der Waals surface area contributed by atoms with Gasteiger partial charge in [0.15, 0.2) is 0 Å². The van der Waals surface area contributed by atoms with Crippen LogP contribution in [0.1, 0.15) is 52.4 Å². The molecule has 0 fully saturated rings. The van der Waals surface area contributed by atoms with Gasteiger partial charge in [-0.1, -0.05) is 11.6 Å². The Balaban J connectivity index is 2.51. The minimum Gasteiger partial charge on any atom is -0.481 e. The molecule has 0 spiro atoms. The lowest BCUT2D eigenvalue weighted by atomic mass is 9.90. The van der Waals surface area contributed by atoms with Gasteiger partial charge in [0.2, 0.25) is 0 Å². The zero-order valence-corrected chi connectivity index (χ0v) is 15.6. The van der Waals surface area contributed by atoms with E-state index in [0.29, 0.717) is 22.3 Å². The smallest absolute Gasteiger partial charge is 0.471 e. The van der Waals surface area contributed by atoms with Crippen LogP contribution in [0.25, 0.3) is 0 Å². The molecule has 1 heterocycles. The number of hydrogen-bond donors (Lipinski definition) is 2. The lowest BCUT2D eigenvalue weighted by Gasteiger charge is -2.19. The number of carboxylic acid groups (broad SMARTS) is 1. The second kappa shape index (κ2) is 8.04. The molecule has 0 saturated carbocycles. The molecule has 0 unspecified atom stereocenters. The highest BCUT2D eigenvalue weighted by molar-refractivity contribution is 6.06. The van der Waals surface area contributed by atoms with E-state index in [1.54, 1.807) is 26.8 Å². The largest absolute Gasteiger partial charge is 0.481 e. The molecule has 0 aromatic heterocycles. The maximum atomic E-state index is 12.8. The van der Waals surface area contributed by atoms with E-state index >= 15 is 0 Å². The van der Waals surface area contributed by atoms with E-state index in [1.165, 1.54) is 0 Å².